The van der Waals surface area contributed by atoms with Crippen LogP contribution < -0.4 is 4.90 Å². The molecule has 2 aromatic rings. The first kappa shape index (κ1) is 13.8. The smallest absolute Gasteiger partial charge is 0.337 e. The van der Waals surface area contributed by atoms with Gasteiger partial charge in [-0.3, -0.25) is 4.79 Å². The van der Waals surface area contributed by atoms with E-state index in [0.717, 1.165) is 27.4 Å². The quantitative estimate of drug-likeness (QED) is 0.801. The maximum absolute atomic E-state index is 12.5. The lowest BCUT2D eigenvalue weighted by atomic mass is 10.1. The molecule has 0 aliphatic carbocycles. The van der Waals surface area contributed by atoms with Crippen LogP contribution in [0.25, 0.3) is 0 Å². The summed E-state index contributed by atoms with van der Waals surface area (Å²) < 4.78 is 4.72. The Morgan fingerprint density at radius 3 is 2.71 bits per heavy atom. The van der Waals surface area contributed by atoms with Gasteiger partial charge in [-0.1, -0.05) is 0 Å². The second-order valence-electron chi connectivity index (χ2n) is 4.95. The number of methoxy groups -OCH3 is 1. The topological polar surface area (TPSA) is 46.6 Å². The molecule has 0 spiro atoms. The van der Waals surface area contributed by atoms with Gasteiger partial charge < -0.3 is 9.64 Å². The third-order valence-corrected chi connectivity index (χ3v) is 4.58. The largest absolute Gasteiger partial charge is 0.465 e. The van der Waals surface area contributed by atoms with E-state index in [1.807, 2.05) is 31.2 Å². The number of thiophene rings is 1. The molecule has 1 amide bonds. The minimum absolute atomic E-state index is 0.0256. The van der Waals surface area contributed by atoms with Gasteiger partial charge in [0.15, 0.2) is 0 Å². The molecule has 1 aliphatic heterocycles. The van der Waals surface area contributed by atoms with E-state index < -0.39 is 0 Å². The molecule has 2 heterocycles. The van der Waals surface area contributed by atoms with Crippen molar-refractivity contribution >= 4 is 28.9 Å². The first-order valence-corrected chi connectivity index (χ1v) is 7.51. The van der Waals surface area contributed by atoms with Crippen LogP contribution in [-0.4, -0.2) is 25.5 Å². The number of anilines is 1. The maximum atomic E-state index is 12.5. The van der Waals surface area contributed by atoms with Crippen molar-refractivity contribution in [1.82, 2.24) is 0 Å². The van der Waals surface area contributed by atoms with E-state index in [2.05, 4.69) is 0 Å². The summed E-state index contributed by atoms with van der Waals surface area (Å²) in [7, 11) is 1.37. The van der Waals surface area contributed by atoms with Gasteiger partial charge >= 0.3 is 5.97 Å². The van der Waals surface area contributed by atoms with E-state index in [9.17, 15) is 9.59 Å². The van der Waals surface area contributed by atoms with Crippen molar-refractivity contribution in [2.24, 2.45) is 0 Å². The zero-order valence-electron chi connectivity index (χ0n) is 11.9. The van der Waals surface area contributed by atoms with Crippen LogP contribution in [0.5, 0.6) is 0 Å². The molecule has 1 aromatic heterocycles. The lowest BCUT2D eigenvalue weighted by Gasteiger charge is -2.16. The normalized spacial score (nSPS) is 13.1. The number of carbonyl (C=O) groups is 2. The highest BCUT2D eigenvalue weighted by molar-refractivity contribution is 7.14. The maximum Gasteiger partial charge on any atom is 0.337 e. The lowest BCUT2D eigenvalue weighted by Crippen LogP contribution is -2.28. The highest BCUT2D eigenvalue weighted by atomic mass is 32.1. The highest BCUT2D eigenvalue weighted by Crippen LogP contribution is 2.31. The van der Waals surface area contributed by atoms with Crippen LogP contribution in [0.1, 0.15) is 30.5 Å². The summed E-state index contributed by atoms with van der Waals surface area (Å²) in [4.78, 5) is 27.7. The molecule has 4 nitrogen and oxygen atoms in total. The van der Waals surface area contributed by atoms with E-state index in [4.69, 9.17) is 4.74 Å². The molecule has 0 unspecified atom stereocenters. The first-order chi connectivity index (χ1) is 10.1. The van der Waals surface area contributed by atoms with Crippen molar-refractivity contribution in [1.29, 1.82) is 0 Å². The molecule has 0 N–H and O–H groups in total. The Hall–Kier alpha value is -2.14. The fourth-order valence-electron chi connectivity index (χ4n) is 2.54. The number of nitrogens with zero attached hydrogens (tertiary/aromatic N) is 1. The standard InChI is InChI=1S/C16H15NO3S/c1-10-3-6-14(21-10)15(18)17-8-7-11-9-12(16(19)20-2)4-5-13(11)17/h3-6,9H,7-8H2,1-2H3. The van der Waals surface area contributed by atoms with Crippen molar-refractivity contribution in [3.05, 3.63) is 51.2 Å². The second kappa shape index (κ2) is 5.33. The summed E-state index contributed by atoms with van der Waals surface area (Å²) in [5.41, 5.74) is 2.43. The van der Waals surface area contributed by atoms with Crippen LogP contribution in [0.2, 0.25) is 0 Å². The molecule has 0 bridgehead atoms. The zero-order valence-corrected chi connectivity index (χ0v) is 12.7. The Morgan fingerprint density at radius 1 is 1.24 bits per heavy atom. The van der Waals surface area contributed by atoms with Crippen LogP contribution in [0.4, 0.5) is 5.69 Å². The summed E-state index contributed by atoms with van der Waals surface area (Å²) in [5, 5.41) is 0. The van der Waals surface area contributed by atoms with Gasteiger partial charge in [0.2, 0.25) is 0 Å². The number of benzene rings is 1. The van der Waals surface area contributed by atoms with Gasteiger partial charge in [0.25, 0.3) is 5.91 Å². The molecule has 0 saturated heterocycles. The third kappa shape index (κ3) is 2.45. The monoisotopic (exact) mass is 301 g/mol. The van der Waals surface area contributed by atoms with Gasteiger partial charge in [0.05, 0.1) is 17.6 Å². The fourth-order valence-corrected chi connectivity index (χ4v) is 3.36. The summed E-state index contributed by atoms with van der Waals surface area (Å²) in [6.07, 6.45) is 0.760. The number of fused-ring (bicyclic) bond motifs is 1. The molecule has 0 radical (unpaired) electrons. The van der Waals surface area contributed by atoms with Gasteiger partial charge in [-0.05, 0) is 49.2 Å². The molecule has 1 aliphatic rings. The molecule has 0 saturated carbocycles. The Balaban J connectivity index is 1.90. The predicted molar refractivity (Wildman–Crippen MR) is 82.2 cm³/mol. The Labute approximate surface area is 127 Å². The van der Waals surface area contributed by atoms with E-state index >= 15 is 0 Å². The average molecular weight is 301 g/mol. The number of esters is 1. The molecule has 0 fully saturated rings. The van der Waals surface area contributed by atoms with Crippen molar-refractivity contribution in [2.75, 3.05) is 18.6 Å². The Kier molecular flexibility index (Phi) is 3.51. The number of ether oxygens (including phenoxy) is 1. The predicted octanol–water partition coefficient (Wildman–Crippen LogP) is 3.05. The van der Waals surface area contributed by atoms with Crippen molar-refractivity contribution in [3.63, 3.8) is 0 Å². The number of rotatable bonds is 2. The molecule has 5 heteroatoms. The highest BCUT2D eigenvalue weighted by Gasteiger charge is 2.27. The van der Waals surface area contributed by atoms with Crippen molar-refractivity contribution < 1.29 is 14.3 Å². The molecule has 0 atom stereocenters. The van der Waals surface area contributed by atoms with E-state index in [1.54, 1.807) is 11.0 Å². The van der Waals surface area contributed by atoms with Gasteiger partial charge in [-0.25, -0.2) is 4.79 Å². The van der Waals surface area contributed by atoms with Crippen LogP contribution >= 0.6 is 11.3 Å². The van der Waals surface area contributed by atoms with Crippen molar-refractivity contribution in [2.45, 2.75) is 13.3 Å². The van der Waals surface area contributed by atoms with Gasteiger partial charge in [0.1, 0.15) is 0 Å². The minimum atomic E-state index is -0.351. The fraction of sp³-hybridized carbons (Fsp3) is 0.250. The van der Waals surface area contributed by atoms with Crippen LogP contribution in [0.3, 0.4) is 0 Å². The first-order valence-electron chi connectivity index (χ1n) is 6.69. The van der Waals surface area contributed by atoms with E-state index in [-0.39, 0.29) is 11.9 Å². The summed E-state index contributed by atoms with van der Waals surface area (Å²) in [6, 6.07) is 9.16. The molecule has 3 rings (SSSR count). The van der Waals surface area contributed by atoms with Crippen molar-refractivity contribution in [3.8, 4) is 0 Å². The van der Waals surface area contributed by atoms with Gasteiger partial charge in [0, 0.05) is 17.1 Å². The second-order valence-corrected chi connectivity index (χ2v) is 6.24. The average Bonchev–Trinajstić information content (AvgIpc) is 3.11. The minimum Gasteiger partial charge on any atom is -0.465 e. The summed E-state index contributed by atoms with van der Waals surface area (Å²) in [5.74, 6) is -0.325. The number of carbonyl (C=O) groups excluding carboxylic acids is 2. The Morgan fingerprint density at radius 2 is 2.05 bits per heavy atom. The molecule has 1 aromatic carbocycles. The summed E-state index contributed by atoms with van der Waals surface area (Å²) in [6.45, 7) is 2.64. The van der Waals surface area contributed by atoms with E-state index in [0.29, 0.717) is 12.1 Å². The number of hydrogen-bond acceptors (Lipinski definition) is 4. The van der Waals surface area contributed by atoms with Crippen LogP contribution in [0, 0.1) is 6.92 Å². The zero-order chi connectivity index (χ0) is 15.0. The number of hydrogen-bond donors (Lipinski definition) is 0. The van der Waals surface area contributed by atoms with Crippen LogP contribution in [0.15, 0.2) is 30.3 Å². The molecule has 108 valence electrons. The third-order valence-electron chi connectivity index (χ3n) is 3.59. The van der Waals surface area contributed by atoms with E-state index in [1.165, 1.54) is 18.4 Å². The van der Waals surface area contributed by atoms with Crippen LogP contribution in [-0.2, 0) is 11.2 Å². The van der Waals surface area contributed by atoms with Gasteiger partial charge in [-0.2, -0.15) is 0 Å². The molecule has 21 heavy (non-hydrogen) atoms. The molecular weight excluding hydrogens is 286 g/mol. The van der Waals surface area contributed by atoms with Gasteiger partial charge in [-0.15, -0.1) is 11.3 Å². The lowest BCUT2D eigenvalue weighted by molar-refractivity contribution is 0.0600. The summed E-state index contributed by atoms with van der Waals surface area (Å²) >= 11 is 1.50. The Bertz CT molecular complexity index is 720. The molecular formula is C16H15NO3S. The number of aryl methyl sites for hydroxylation is 1. The number of amides is 1. The SMILES string of the molecule is COC(=O)c1ccc2c(c1)CCN2C(=O)c1ccc(C)s1.